The van der Waals surface area contributed by atoms with Crippen LogP contribution in [0.4, 0.5) is 17.2 Å². The molecule has 0 saturated carbocycles. The molecule has 0 unspecified atom stereocenters. The molecule has 2 aromatic heterocycles. The van der Waals surface area contributed by atoms with Gasteiger partial charge in [-0.1, -0.05) is 40.2 Å². The number of hydrogen-bond donors (Lipinski definition) is 1. The van der Waals surface area contributed by atoms with Gasteiger partial charge in [-0.2, -0.15) is 4.98 Å². The first kappa shape index (κ1) is 17.8. The van der Waals surface area contributed by atoms with E-state index >= 15 is 0 Å². The average molecular weight is 438 g/mol. The number of hydrogen-bond acceptors (Lipinski definition) is 7. The SMILES string of the molecule is O=[N+]([O-])c1c(Nc2cccc(Br)c2)ncnc1Oc1cccc2cccnc12. The average Bonchev–Trinajstić information content (AvgIpc) is 2.68. The zero-order chi connectivity index (χ0) is 19.5. The summed E-state index contributed by atoms with van der Waals surface area (Å²) < 4.78 is 6.61. The monoisotopic (exact) mass is 437 g/mol. The molecule has 0 saturated heterocycles. The van der Waals surface area contributed by atoms with Gasteiger partial charge in [0.2, 0.25) is 5.82 Å². The van der Waals surface area contributed by atoms with Crippen molar-refractivity contribution >= 4 is 44.0 Å². The molecule has 8 nitrogen and oxygen atoms in total. The number of aromatic nitrogens is 3. The second kappa shape index (κ2) is 7.57. The summed E-state index contributed by atoms with van der Waals surface area (Å²) in [5, 5.41) is 15.5. The first-order chi connectivity index (χ1) is 13.6. The van der Waals surface area contributed by atoms with Crippen LogP contribution in [0.25, 0.3) is 10.9 Å². The van der Waals surface area contributed by atoms with Crippen molar-refractivity contribution in [2.24, 2.45) is 0 Å². The number of anilines is 2. The van der Waals surface area contributed by atoms with Crippen LogP contribution in [0.2, 0.25) is 0 Å². The van der Waals surface area contributed by atoms with Crippen molar-refractivity contribution in [3.63, 3.8) is 0 Å². The summed E-state index contributed by atoms with van der Waals surface area (Å²) in [4.78, 5) is 23.4. The molecule has 4 rings (SSSR count). The van der Waals surface area contributed by atoms with E-state index in [1.54, 1.807) is 42.6 Å². The van der Waals surface area contributed by atoms with Crippen LogP contribution in [-0.4, -0.2) is 19.9 Å². The van der Waals surface area contributed by atoms with Crippen LogP contribution >= 0.6 is 15.9 Å². The van der Waals surface area contributed by atoms with E-state index in [1.165, 1.54) is 6.33 Å². The van der Waals surface area contributed by atoms with Crippen LogP contribution in [0.15, 0.2) is 71.6 Å². The molecule has 0 aliphatic carbocycles. The van der Waals surface area contributed by atoms with E-state index in [1.807, 2.05) is 18.2 Å². The van der Waals surface area contributed by atoms with Crippen LogP contribution < -0.4 is 10.1 Å². The van der Waals surface area contributed by atoms with Crippen molar-refractivity contribution < 1.29 is 9.66 Å². The van der Waals surface area contributed by atoms with Crippen LogP contribution in [0.1, 0.15) is 0 Å². The van der Waals surface area contributed by atoms with Crippen LogP contribution in [0, 0.1) is 10.1 Å². The third-order valence-electron chi connectivity index (χ3n) is 3.86. The predicted molar refractivity (Wildman–Crippen MR) is 108 cm³/mol. The van der Waals surface area contributed by atoms with E-state index in [-0.39, 0.29) is 17.4 Å². The van der Waals surface area contributed by atoms with Gasteiger partial charge in [0.05, 0.1) is 4.92 Å². The number of nitrogens with one attached hydrogen (secondary N) is 1. The molecule has 28 heavy (non-hydrogen) atoms. The Morgan fingerprint density at radius 2 is 1.86 bits per heavy atom. The molecule has 4 aromatic rings. The van der Waals surface area contributed by atoms with Gasteiger partial charge < -0.3 is 10.1 Å². The molecule has 0 aliphatic heterocycles. The number of rotatable bonds is 5. The first-order valence-corrected chi connectivity index (χ1v) is 8.95. The fraction of sp³-hybridized carbons (Fsp3) is 0. The lowest BCUT2D eigenvalue weighted by Crippen LogP contribution is -2.03. The van der Waals surface area contributed by atoms with E-state index in [4.69, 9.17) is 4.74 Å². The lowest BCUT2D eigenvalue weighted by molar-refractivity contribution is -0.385. The molecule has 0 radical (unpaired) electrons. The van der Waals surface area contributed by atoms with Gasteiger partial charge in [0, 0.05) is 21.7 Å². The molecule has 2 aromatic carbocycles. The Balaban J connectivity index is 1.76. The maximum Gasteiger partial charge on any atom is 0.373 e. The Hall–Kier alpha value is -3.59. The van der Waals surface area contributed by atoms with Gasteiger partial charge in [-0.25, -0.2) is 4.98 Å². The smallest absolute Gasteiger partial charge is 0.373 e. The Labute approximate surface area is 167 Å². The topological polar surface area (TPSA) is 103 Å². The minimum atomic E-state index is -0.575. The number of nitro groups is 1. The zero-order valence-electron chi connectivity index (χ0n) is 14.2. The minimum absolute atomic E-state index is 0.0290. The van der Waals surface area contributed by atoms with E-state index in [0.717, 1.165) is 9.86 Å². The minimum Gasteiger partial charge on any atom is -0.431 e. The maximum absolute atomic E-state index is 11.7. The quantitative estimate of drug-likeness (QED) is 0.336. The maximum atomic E-state index is 11.7. The highest BCUT2D eigenvalue weighted by Crippen LogP contribution is 2.37. The standard InChI is InChI=1S/C19H12BrN5O3/c20-13-6-2-7-14(10-13)24-18-17(25(26)27)19(23-11-22-18)28-15-8-1-4-12-5-3-9-21-16(12)15/h1-11H,(H,22,23,24). The molecule has 0 aliphatic rings. The second-order valence-electron chi connectivity index (χ2n) is 5.70. The Kier molecular flexibility index (Phi) is 4.81. The molecule has 0 fully saturated rings. The van der Waals surface area contributed by atoms with Crippen LogP contribution in [0.5, 0.6) is 11.6 Å². The third-order valence-corrected chi connectivity index (χ3v) is 4.35. The molecule has 138 valence electrons. The highest BCUT2D eigenvalue weighted by atomic mass is 79.9. The summed E-state index contributed by atoms with van der Waals surface area (Å²) in [5.41, 5.74) is 0.851. The van der Waals surface area contributed by atoms with Crippen molar-refractivity contribution in [1.82, 2.24) is 15.0 Å². The lowest BCUT2D eigenvalue weighted by atomic mass is 10.2. The Bertz CT molecular complexity index is 1180. The van der Waals surface area contributed by atoms with Crippen molar-refractivity contribution in [3.05, 3.63) is 81.7 Å². The molecule has 0 atom stereocenters. The second-order valence-corrected chi connectivity index (χ2v) is 6.62. The summed E-state index contributed by atoms with van der Waals surface area (Å²) >= 11 is 3.37. The third kappa shape index (κ3) is 3.60. The van der Waals surface area contributed by atoms with Crippen molar-refractivity contribution in [1.29, 1.82) is 0 Å². The Morgan fingerprint density at radius 1 is 1.04 bits per heavy atom. The predicted octanol–water partition coefficient (Wildman–Crippen LogP) is 5.23. The summed E-state index contributed by atoms with van der Waals surface area (Å²) in [6, 6.07) is 16.2. The van der Waals surface area contributed by atoms with Crippen molar-refractivity contribution in [3.8, 4) is 11.6 Å². The lowest BCUT2D eigenvalue weighted by Gasteiger charge is -2.10. The number of fused-ring (bicyclic) bond motifs is 1. The summed E-state index contributed by atoms with van der Waals surface area (Å²) in [6.07, 6.45) is 2.84. The highest BCUT2D eigenvalue weighted by molar-refractivity contribution is 9.10. The summed E-state index contributed by atoms with van der Waals surface area (Å²) in [5.74, 6) is 0.227. The fourth-order valence-electron chi connectivity index (χ4n) is 2.66. The molecule has 1 N–H and O–H groups in total. The van der Waals surface area contributed by atoms with E-state index < -0.39 is 4.92 Å². The van der Waals surface area contributed by atoms with Gasteiger partial charge in [-0.05, 0) is 30.3 Å². The van der Waals surface area contributed by atoms with Gasteiger partial charge in [-0.15, -0.1) is 0 Å². The largest absolute Gasteiger partial charge is 0.431 e. The van der Waals surface area contributed by atoms with E-state index in [0.29, 0.717) is 17.0 Å². The number of pyridine rings is 1. The van der Waals surface area contributed by atoms with E-state index in [9.17, 15) is 10.1 Å². The molecule has 0 spiro atoms. The van der Waals surface area contributed by atoms with Gasteiger partial charge >= 0.3 is 11.6 Å². The molecule has 2 heterocycles. The number of para-hydroxylation sites is 1. The fourth-order valence-corrected chi connectivity index (χ4v) is 3.06. The first-order valence-electron chi connectivity index (χ1n) is 8.15. The molecule has 0 bridgehead atoms. The van der Waals surface area contributed by atoms with Gasteiger partial charge in [0.1, 0.15) is 11.8 Å². The number of nitrogens with zero attached hydrogens (tertiary/aromatic N) is 4. The molecule has 9 heteroatoms. The molecular weight excluding hydrogens is 426 g/mol. The normalized spacial score (nSPS) is 10.6. The van der Waals surface area contributed by atoms with Crippen LogP contribution in [0.3, 0.4) is 0 Å². The number of benzene rings is 2. The number of halogens is 1. The molecular formula is C19H12BrN5O3. The molecule has 0 amide bonds. The summed E-state index contributed by atoms with van der Waals surface area (Å²) in [7, 11) is 0. The zero-order valence-corrected chi connectivity index (χ0v) is 15.8. The van der Waals surface area contributed by atoms with Gasteiger partial charge in [-0.3, -0.25) is 15.1 Å². The van der Waals surface area contributed by atoms with Gasteiger partial charge in [0.15, 0.2) is 5.75 Å². The Morgan fingerprint density at radius 3 is 2.68 bits per heavy atom. The summed E-state index contributed by atoms with van der Waals surface area (Å²) in [6.45, 7) is 0. The number of ether oxygens (including phenoxy) is 1. The van der Waals surface area contributed by atoms with Crippen LogP contribution in [-0.2, 0) is 0 Å². The highest BCUT2D eigenvalue weighted by Gasteiger charge is 2.26. The van der Waals surface area contributed by atoms with Gasteiger partial charge in [0.25, 0.3) is 0 Å². The van der Waals surface area contributed by atoms with E-state index in [2.05, 4.69) is 36.2 Å². The van der Waals surface area contributed by atoms with Crippen molar-refractivity contribution in [2.75, 3.05) is 5.32 Å². The van der Waals surface area contributed by atoms with Crippen molar-refractivity contribution in [2.45, 2.75) is 0 Å².